The van der Waals surface area contributed by atoms with Gasteiger partial charge in [-0.05, 0) is 38.3 Å². The van der Waals surface area contributed by atoms with Crippen LogP contribution in [0, 0.1) is 22.2 Å². The maximum absolute atomic E-state index is 9.41. The average molecular weight is 275 g/mol. The van der Waals surface area contributed by atoms with Crippen LogP contribution in [-0.4, -0.2) is 35.4 Å². The van der Waals surface area contributed by atoms with Gasteiger partial charge in [0.25, 0.3) is 0 Å². The molecule has 1 spiro atoms. The molecule has 0 aromatic rings. The van der Waals surface area contributed by atoms with E-state index in [1.54, 1.807) is 0 Å². The third kappa shape index (κ3) is 2.06. The number of thiocarbonyl (C=S) groups is 1. The predicted octanol–water partition coefficient (Wildman–Crippen LogP) is 0.888. The Balaban J connectivity index is 2.50. The first-order valence-corrected chi connectivity index (χ1v) is 6.74. The van der Waals surface area contributed by atoms with E-state index in [9.17, 15) is 5.26 Å². The SMILES string of the molecule is CCN1CCC2(CC1)C(=C=N)C(=S)NC(N)=C2C#N. The number of hydrogen-bond donors (Lipinski definition) is 3. The molecule has 0 radical (unpaired) electrons. The largest absolute Gasteiger partial charge is 0.384 e. The molecule has 6 heteroatoms. The van der Waals surface area contributed by atoms with Gasteiger partial charge in [0, 0.05) is 5.41 Å². The van der Waals surface area contributed by atoms with Crippen molar-refractivity contribution >= 4 is 23.1 Å². The molecule has 2 aliphatic rings. The monoisotopic (exact) mass is 275 g/mol. The molecule has 0 unspecified atom stereocenters. The second-order valence-corrected chi connectivity index (χ2v) is 5.28. The third-order valence-electron chi connectivity index (χ3n) is 4.10. The molecule has 1 fully saturated rings. The summed E-state index contributed by atoms with van der Waals surface area (Å²) < 4.78 is 0. The Kier molecular flexibility index (Phi) is 3.72. The van der Waals surface area contributed by atoms with Crippen molar-refractivity contribution in [2.24, 2.45) is 11.1 Å². The maximum Gasteiger partial charge on any atom is 0.118 e. The Morgan fingerprint density at radius 1 is 1.53 bits per heavy atom. The second-order valence-electron chi connectivity index (χ2n) is 4.87. The lowest BCUT2D eigenvalue weighted by molar-refractivity contribution is 0.166. The molecule has 4 N–H and O–H groups in total. The van der Waals surface area contributed by atoms with Crippen molar-refractivity contribution in [3.05, 3.63) is 17.0 Å². The summed E-state index contributed by atoms with van der Waals surface area (Å²) in [5.41, 5.74) is 6.50. The minimum Gasteiger partial charge on any atom is -0.384 e. The van der Waals surface area contributed by atoms with Gasteiger partial charge < -0.3 is 16.0 Å². The van der Waals surface area contributed by atoms with Crippen molar-refractivity contribution in [2.75, 3.05) is 19.6 Å². The number of piperidine rings is 1. The zero-order valence-corrected chi connectivity index (χ0v) is 11.7. The minimum absolute atomic E-state index is 0.330. The number of hydrogen-bond acceptors (Lipinski definition) is 5. The number of allylic oxidation sites excluding steroid dienone is 1. The summed E-state index contributed by atoms with van der Waals surface area (Å²) in [6, 6.07) is 2.20. The fourth-order valence-corrected chi connectivity index (χ4v) is 3.30. The van der Waals surface area contributed by atoms with Gasteiger partial charge in [0.05, 0.1) is 17.2 Å². The first kappa shape index (κ1) is 13.8. The van der Waals surface area contributed by atoms with Gasteiger partial charge in [-0.3, -0.25) is 5.41 Å². The molecule has 0 saturated carbocycles. The summed E-state index contributed by atoms with van der Waals surface area (Å²) >= 11 is 5.25. The zero-order valence-electron chi connectivity index (χ0n) is 10.9. The van der Waals surface area contributed by atoms with E-state index < -0.39 is 5.41 Å². The summed E-state index contributed by atoms with van der Waals surface area (Å²) in [7, 11) is 0. The molecule has 0 aliphatic carbocycles. The molecule has 2 aliphatic heterocycles. The van der Waals surface area contributed by atoms with Gasteiger partial charge in [-0.2, -0.15) is 5.26 Å². The van der Waals surface area contributed by atoms with Gasteiger partial charge >= 0.3 is 0 Å². The molecule has 19 heavy (non-hydrogen) atoms. The molecule has 0 aromatic carbocycles. The fourth-order valence-electron chi connectivity index (χ4n) is 2.94. The molecule has 0 bridgehead atoms. The lowest BCUT2D eigenvalue weighted by Crippen LogP contribution is -2.50. The van der Waals surface area contributed by atoms with Gasteiger partial charge in [0.1, 0.15) is 10.8 Å². The van der Waals surface area contributed by atoms with Gasteiger partial charge in [0.2, 0.25) is 0 Å². The van der Waals surface area contributed by atoms with Crippen molar-refractivity contribution in [3.63, 3.8) is 0 Å². The predicted molar refractivity (Wildman–Crippen MR) is 77.6 cm³/mol. The summed E-state index contributed by atoms with van der Waals surface area (Å²) in [5.74, 6) is 2.77. The zero-order chi connectivity index (χ0) is 14.0. The lowest BCUT2D eigenvalue weighted by atomic mass is 9.66. The highest BCUT2D eigenvalue weighted by Gasteiger charge is 2.47. The molecular weight excluding hydrogens is 258 g/mol. The minimum atomic E-state index is -0.519. The highest BCUT2D eigenvalue weighted by molar-refractivity contribution is 7.80. The summed E-state index contributed by atoms with van der Waals surface area (Å²) in [6.45, 7) is 4.86. The van der Waals surface area contributed by atoms with Crippen LogP contribution in [0.1, 0.15) is 19.8 Å². The Bertz CT molecular complexity index is 528. The highest BCUT2D eigenvalue weighted by atomic mass is 32.1. The number of rotatable bonds is 1. The van der Waals surface area contributed by atoms with Crippen LogP contribution in [0.15, 0.2) is 17.0 Å². The number of nitrogens with zero attached hydrogens (tertiary/aromatic N) is 2. The van der Waals surface area contributed by atoms with E-state index in [2.05, 4.69) is 29.1 Å². The quantitative estimate of drug-likeness (QED) is 0.376. The molecule has 1 saturated heterocycles. The van der Waals surface area contributed by atoms with Crippen molar-refractivity contribution in [1.29, 1.82) is 10.7 Å². The Hall–Kier alpha value is -1.67. The summed E-state index contributed by atoms with van der Waals surface area (Å²) in [5, 5.41) is 19.7. The topological polar surface area (TPSA) is 88.9 Å². The van der Waals surface area contributed by atoms with Crippen LogP contribution in [0.5, 0.6) is 0 Å². The third-order valence-corrected chi connectivity index (χ3v) is 4.40. The first-order chi connectivity index (χ1) is 9.08. The van der Waals surface area contributed by atoms with Crippen LogP contribution < -0.4 is 11.1 Å². The Morgan fingerprint density at radius 3 is 2.63 bits per heavy atom. The van der Waals surface area contributed by atoms with Gasteiger partial charge in [-0.25, -0.2) is 0 Å². The van der Waals surface area contributed by atoms with E-state index in [1.165, 1.54) is 0 Å². The van der Waals surface area contributed by atoms with Crippen molar-refractivity contribution in [2.45, 2.75) is 19.8 Å². The van der Waals surface area contributed by atoms with E-state index in [0.717, 1.165) is 32.5 Å². The van der Waals surface area contributed by atoms with Crippen molar-refractivity contribution < 1.29 is 0 Å². The van der Waals surface area contributed by atoms with Crippen LogP contribution in [0.3, 0.4) is 0 Å². The number of nitrogens with two attached hydrogens (primary N) is 1. The van der Waals surface area contributed by atoms with Crippen LogP contribution >= 0.6 is 12.2 Å². The number of nitriles is 1. The number of likely N-dealkylation sites (tertiary alicyclic amines) is 1. The Morgan fingerprint density at radius 2 is 2.16 bits per heavy atom. The first-order valence-electron chi connectivity index (χ1n) is 6.33. The van der Waals surface area contributed by atoms with E-state index in [1.807, 2.05) is 0 Å². The highest BCUT2D eigenvalue weighted by Crippen LogP contribution is 2.46. The molecular formula is C13H17N5S. The normalized spacial score (nSPS) is 22.9. The number of nitrogens with one attached hydrogen (secondary N) is 2. The van der Waals surface area contributed by atoms with E-state index in [0.29, 0.717) is 22.0 Å². The lowest BCUT2D eigenvalue weighted by Gasteiger charge is -2.44. The van der Waals surface area contributed by atoms with E-state index in [-0.39, 0.29) is 0 Å². The van der Waals surface area contributed by atoms with E-state index >= 15 is 0 Å². The standard InChI is InChI=1S/C13H17N5S/c1-2-18-5-3-13(4-6-18)9(7-14)11(16)17-12(19)10(13)8-15/h15H,2-6,16H2,1H3,(H,17,19). The smallest absolute Gasteiger partial charge is 0.118 e. The second kappa shape index (κ2) is 5.14. The Labute approximate surface area is 118 Å². The van der Waals surface area contributed by atoms with Crippen LogP contribution in [0.25, 0.3) is 0 Å². The molecule has 2 rings (SSSR count). The van der Waals surface area contributed by atoms with Gasteiger partial charge in [0.15, 0.2) is 0 Å². The molecule has 0 aromatic heterocycles. The maximum atomic E-state index is 9.41. The van der Waals surface area contributed by atoms with Crippen LogP contribution in [0.2, 0.25) is 0 Å². The van der Waals surface area contributed by atoms with Crippen molar-refractivity contribution in [3.8, 4) is 6.07 Å². The van der Waals surface area contributed by atoms with Gasteiger partial charge in [-0.1, -0.05) is 19.1 Å². The van der Waals surface area contributed by atoms with Crippen LogP contribution in [-0.2, 0) is 0 Å². The average Bonchev–Trinajstić information content (AvgIpc) is 2.40. The van der Waals surface area contributed by atoms with E-state index in [4.69, 9.17) is 23.4 Å². The molecule has 0 atom stereocenters. The molecule has 0 amide bonds. The summed E-state index contributed by atoms with van der Waals surface area (Å²) in [6.07, 6.45) is 1.51. The summed E-state index contributed by atoms with van der Waals surface area (Å²) in [4.78, 5) is 2.75. The molecule has 5 nitrogen and oxygen atoms in total. The van der Waals surface area contributed by atoms with Gasteiger partial charge in [-0.15, -0.1) is 0 Å². The molecule has 2 heterocycles. The van der Waals surface area contributed by atoms with Crippen molar-refractivity contribution in [1.82, 2.24) is 10.2 Å². The van der Waals surface area contributed by atoms with Crippen LogP contribution in [0.4, 0.5) is 0 Å². The molecule has 100 valence electrons. The fraction of sp³-hybridized carbons (Fsp3) is 0.538.